The number of nitrogen functional groups attached to an aromatic ring is 1. The second-order valence-electron chi connectivity index (χ2n) is 3.22. The van der Waals surface area contributed by atoms with Gasteiger partial charge < -0.3 is 11.1 Å². The highest BCUT2D eigenvalue weighted by molar-refractivity contribution is 5.94. The number of alkyl halides is 3. The van der Waals surface area contributed by atoms with Gasteiger partial charge in [-0.2, -0.15) is 13.2 Å². The van der Waals surface area contributed by atoms with Gasteiger partial charge in [-0.05, 0) is 19.1 Å². The molecule has 0 unspecified atom stereocenters. The van der Waals surface area contributed by atoms with Crippen molar-refractivity contribution in [3.05, 3.63) is 23.4 Å². The summed E-state index contributed by atoms with van der Waals surface area (Å²) in [6.45, 7) is 0.226. The molecule has 0 aromatic carbocycles. The van der Waals surface area contributed by atoms with Gasteiger partial charge in [0.25, 0.3) is 5.91 Å². The number of halogens is 3. The van der Waals surface area contributed by atoms with E-state index >= 15 is 0 Å². The summed E-state index contributed by atoms with van der Waals surface area (Å²) in [4.78, 5) is 15.1. The average molecular weight is 233 g/mol. The lowest BCUT2D eigenvalue weighted by molar-refractivity contribution is -0.123. The van der Waals surface area contributed by atoms with Crippen LogP contribution in [-0.2, 0) is 0 Å². The van der Waals surface area contributed by atoms with Gasteiger partial charge in [0.15, 0.2) is 0 Å². The highest BCUT2D eigenvalue weighted by Gasteiger charge is 2.27. The van der Waals surface area contributed by atoms with E-state index in [0.29, 0.717) is 5.69 Å². The smallest absolute Gasteiger partial charge is 0.384 e. The molecule has 0 aliphatic rings. The van der Waals surface area contributed by atoms with Crippen LogP contribution in [0, 0.1) is 6.92 Å². The van der Waals surface area contributed by atoms with E-state index in [4.69, 9.17) is 5.73 Å². The van der Waals surface area contributed by atoms with Crippen molar-refractivity contribution in [3.63, 3.8) is 0 Å². The van der Waals surface area contributed by atoms with E-state index in [9.17, 15) is 18.0 Å². The number of hydrogen-bond acceptors (Lipinski definition) is 3. The molecule has 1 aromatic rings. The lowest BCUT2D eigenvalue weighted by Gasteiger charge is -2.08. The summed E-state index contributed by atoms with van der Waals surface area (Å²) in [6, 6.07) is 2.58. The normalized spacial score (nSPS) is 11.2. The number of aromatic nitrogens is 1. The van der Waals surface area contributed by atoms with E-state index in [1.807, 2.05) is 0 Å². The van der Waals surface area contributed by atoms with Crippen LogP contribution in [0.3, 0.4) is 0 Å². The van der Waals surface area contributed by atoms with Gasteiger partial charge in [0, 0.05) is 11.3 Å². The number of pyridine rings is 1. The van der Waals surface area contributed by atoms with E-state index in [1.54, 1.807) is 12.2 Å². The van der Waals surface area contributed by atoms with Crippen LogP contribution in [0.4, 0.5) is 19.0 Å². The fourth-order valence-corrected chi connectivity index (χ4v) is 1.11. The molecule has 1 heterocycles. The zero-order valence-electron chi connectivity index (χ0n) is 8.43. The van der Waals surface area contributed by atoms with Crippen LogP contribution in [0.1, 0.15) is 16.1 Å². The van der Waals surface area contributed by atoms with Crippen LogP contribution in [0.2, 0.25) is 0 Å². The van der Waals surface area contributed by atoms with Crippen LogP contribution >= 0.6 is 0 Å². The van der Waals surface area contributed by atoms with Crippen LogP contribution in [0.25, 0.3) is 0 Å². The van der Waals surface area contributed by atoms with Crippen molar-refractivity contribution in [3.8, 4) is 0 Å². The van der Waals surface area contributed by atoms with Crippen molar-refractivity contribution in [2.24, 2.45) is 0 Å². The number of aryl methyl sites for hydroxylation is 1. The summed E-state index contributed by atoms with van der Waals surface area (Å²) in [7, 11) is 0. The number of anilines is 1. The molecular weight excluding hydrogens is 223 g/mol. The molecule has 0 saturated carbocycles. The van der Waals surface area contributed by atoms with E-state index in [2.05, 4.69) is 4.98 Å². The Kier molecular flexibility index (Phi) is 3.36. The molecule has 0 aliphatic carbocycles. The Morgan fingerprint density at radius 1 is 1.50 bits per heavy atom. The maximum absolute atomic E-state index is 11.8. The minimum atomic E-state index is -4.43. The lowest BCUT2D eigenvalue weighted by Crippen LogP contribution is -2.33. The molecule has 0 bridgehead atoms. The number of nitrogens with two attached hydrogens (primary N) is 1. The molecule has 0 atom stereocenters. The molecule has 1 aromatic heterocycles. The summed E-state index contributed by atoms with van der Waals surface area (Å²) in [6.07, 6.45) is -4.43. The fourth-order valence-electron chi connectivity index (χ4n) is 1.11. The maximum atomic E-state index is 11.8. The third kappa shape index (κ3) is 3.76. The molecule has 0 radical (unpaired) electrons. The van der Waals surface area contributed by atoms with Crippen molar-refractivity contribution >= 4 is 11.7 Å². The zero-order valence-corrected chi connectivity index (χ0v) is 8.43. The van der Waals surface area contributed by atoms with Gasteiger partial charge in [0.05, 0.1) is 0 Å². The van der Waals surface area contributed by atoms with Crippen LogP contribution in [-0.4, -0.2) is 23.6 Å². The van der Waals surface area contributed by atoms with Crippen molar-refractivity contribution in [1.82, 2.24) is 10.3 Å². The predicted octanol–water partition coefficient (Wildman–Crippen LogP) is 1.26. The number of amides is 1. The van der Waals surface area contributed by atoms with Gasteiger partial charge in [-0.25, -0.2) is 4.98 Å². The first kappa shape index (κ1) is 12.3. The number of nitrogens with zero attached hydrogens (tertiary/aromatic N) is 1. The van der Waals surface area contributed by atoms with Crippen molar-refractivity contribution in [1.29, 1.82) is 0 Å². The van der Waals surface area contributed by atoms with E-state index in [1.165, 1.54) is 12.1 Å². The molecule has 0 aliphatic heterocycles. The monoisotopic (exact) mass is 233 g/mol. The Balaban J connectivity index is 2.73. The van der Waals surface area contributed by atoms with E-state index in [-0.39, 0.29) is 11.4 Å². The number of rotatable bonds is 2. The molecule has 3 N–H and O–H groups in total. The molecule has 0 saturated heterocycles. The first-order valence-electron chi connectivity index (χ1n) is 4.37. The summed E-state index contributed by atoms with van der Waals surface area (Å²) in [5.41, 5.74) is 5.90. The average Bonchev–Trinajstić information content (AvgIpc) is 2.11. The fraction of sp³-hybridized carbons (Fsp3) is 0.333. The minimum absolute atomic E-state index is 0.0641. The highest BCUT2D eigenvalue weighted by Crippen LogP contribution is 2.13. The number of carbonyl (C=O) groups excluding carboxylic acids is 1. The summed E-state index contributed by atoms with van der Waals surface area (Å²) in [5, 5.41) is 1.75. The Labute approximate surface area is 89.7 Å². The lowest BCUT2D eigenvalue weighted by atomic mass is 10.2. The largest absolute Gasteiger partial charge is 0.405 e. The van der Waals surface area contributed by atoms with Gasteiger partial charge in [0.2, 0.25) is 0 Å². The second kappa shape index (κ2) is 4.38. The Bertz CT molecular complexity index is 383. The standard InChI is InChI=1S/C9H10F3N3O/c1-5-2-6(3-7(13)15-5)8(16)14-4-9(10,11)12/h2-3H,4H2,1H3,(H2,13,15)(H,14,16). The molecule has 0 fully saturated rings. The van der Waals surface area contributed by atoms with Gasteiger partial charge >= 0.3 is 6.18 Å². The Hall–Kier alpha value is -1.79. The van der Waals surface area contributed by atoms with Crippen molar-refractivity contribution < 1.29 is 18.0 Å². The molecule has 0 spiro atoms. The minimum Gasteiger partial charge on any atom is -0.384 e. The highest BCUT2D eigenvalue weighted by atomic mass is 19.4. The second-order valence-corrected chi connectivity index (χ2v) is 3.22. The molecular formula is C9H10F3N3O. The van der Waals surface area contributed by atoms with Crippen LogP contribution < -0.4 is 11.1 Å². The topological polar surface area (TPSA) is 68.0 Å². The summed E-state index contributed by atoms with van der Waals surface area (Å²) in [5.74, 6) is -0.730. The van der Waals surface area contributed by atoms with Crippen LogP contribution in [0.15, 0.2) is 12.1 Å². The van der Waals surface area contributed by atoms with Gasteiger partial charge in [-0.3, -0.25) is 4.79 Å². The van der Waals surface area contributed by atoms with Crippen LogP contribution in [0.5, 0.6) is 0 Å². The molecule has 1 rings (SSSR count). The molecule has 1 amide bonds. The number of nitrogens with one attached hydrogen (secondary N) is 1. The zero-order chi connectivity index (χ0) is 12.3. The van der Waals surface area contributed by atoms with Gasteiger partial charge in [0.1, 0.15) is 12.4 Å². The predicted molar refractivity (Wildman–Crippen MR) is 51.8 cm³/mol. The SMILES string of the molecule is Cc1cc(C(=O)NCC(F)(F)F)cc(N)n1. The first-order valence-corrected chi connectivity index (χ1v) is 4.37. The summed E-state index contributed by atoms with van der Waals surface area (Å²) >= 11 is 0. The third-order valence-electron chi connectivity index (χ3n) is 1.68. The Morgan fingerprint density at radius 2 is 2.12 bits per heavy atom. The summed E-state index contributed by atoms with van der Waals surface area (Å²) < 4.78 is 35.5. The third-order valence-corrected chi connectivity index (χ3v) is 1.68. The van der Waals surface area contributed by atoms with Crippen molar-refractivity contribution in [2.75, 3.05) is 12.3 Å². The Morgan fingerprint density at radius 3 is 2.62 bits per heavy atom. The number of carbonyl (C=O) groups is 1. The first-order chi connectivity index (χ1) is 7.28. The quantitative estimate of drug-likeness (QED) is 0.808. The van der Waals surface area contributed by atoms with Gasteiger partial charge in [-0.1, -0.05) is 0 Å². The van der Waals surface area contributed by atoms with Gasteiger partial charge in [-0.15, -0.1) is 0 Å². The molecule has 4 nitrogen and oxygen atoms in total. The number of hydrogen-bond donors (Lipinski definition) is 2. The molecule has 7 heteroatoms. The van der Waals surface area contributed by atoms with E-state index < -0.39 is 18.6 Å². The molecule has 88 valence electrons. The van der Waals surface area contributed by atoms with Crippen molar-refractivity contribution in [2.45, 2.75) is 13.1 Å². The van der Waals surface area contributed by atoms with E-state index in [0.717, 1.165) is 0 Å². The maximum Gasteiger partial charge on any atom is 0.405 e. The molecule has 16 heavy (non-hydrogen) atoms.